The molecular weight excluding hydrogens is 877 g/mol. The molecule has 18 heteroatoms. The lowest BCUT2D eigenvalue weighted by Crippen LogP contribution is -2.59. The van der Waals surface area contributed by atoms with Crippen molar-refractivity contribution in [2.45, 2.75) is 122 Å². The molecule has 0 spiro atoms. The number of thiazole rings is 1. The number of pyridine rings is 1. The van der Waals surface area contributed by atoms with Crippen LogP contribution in [0.4, 0.5) is 9.93 Å². The summed E-state index contributed by atoms with van der Waals surface area (Å²) in [5, 5.41) is 25.3. The highest BCUT2D eigenvalue weighted by Crippen LogP contribution is 2.36. The van der Waals surface area contributed by atoms with Gasteiger partial charge < -0.3 is 40.7 Å². The van der Waals surface area contributed by atoms with Crippen molar-refractivity contribution in [2.75, 3.05) is 25.5 Å². The fourth-order valence-electron chi connectivity index (χ4n) is 8.54. The third-order valence-electron chi connectivity index (χ3n) is 12.3. The minimum atomic E-state index is -1.21. The monoisotopic (exact) mass is 936 g/mol. The van der Waals surface area contributed by atoms with Crippen LogP contribution in [0.1, 0.15) is 107 Å². The molecule has 0 radical (unpaired) electrons. The van der Waals surface area contributed by atoms with Gasteiger partial charge in [0, 0.05) is 35.4 Å². The van der Waals surface area contributed by atoms with Crippen LogP contribution in [-0.2, 0) is 14.4 Å². The van der Waals surface area contributed by atoms with Crippen molar-refractivity contribution in [3.05, 3.63) is 77.2 Å². The lowest BCUT2D eigenvalue weighted by molar-refractivity contribution is -0.144. The zero-order valence-corrected chi connectivity index (χ0v) is 39.6. The molecule has 17 nitrogen and oxygen atoms in total. The van der Waals surface area contributed by atoms with Gasteiger partial charge in [0.05, 0.1) is 48.6 Å². The second kappa shape index (κ2) is 20.9. The molecular formula is C49H60N8O9S. The van der Waals surface area contributed by atoms with E-state index < -0.39 is 71.3 Å². The van der Waals surface area contributed by atoms with Gasteiger partial charge in [0.25, 0.3) is 11.8 Å². The Hall–Kier alpha value is -6.56. The van der Waals surface area contributed by atoms with E-state index in [2.05, 4.69) is 21.3 Å². The fourth-order valence-corrected chi connectivity index (χ4v) is 9.39. The first kappa shape index (κ1) is 48.4. The number of carboxylic acids is 1. The quantitative estimate of drug-likeness (QED) is 0.0776. The molecule has 5 heterocycles. The van der Waals surface area contributed by atoms with Crippen molar-refractivity contribution in [2.24, 2.45) is 5.41 Å². The smallest absolute Gasteiger partial charge is 0.326 e. The minimum absolute atomic E-state index is 0.0174. The number of amides is 6. The minimum Gasteiger partial charge on any atom is -0.497 e. The first-order valence-corrected chi connectivity index (χ1v) is 23.8. The van der Waals surface area contributed by atoms with Crippen LogP contribution >= 0.6 is 11.3 Å². The average molecular weight is 937 g/mol. The Bertz CT molecular complexity index is 2500. The SMILES string of the molecule is COc1ccc2c(O[C@@H]3C[C@H]4C(=O)N[C@H](C(=O)O)CCC=CCCCCC[C@H](NC(=O)N[C@H](CN5C(=O)c6ccccc6C5=O)C(C)(C)C)C(=O)N4C3)cc(-c3csc(NC(C)C)n3)nc2c1. The van der Waals surface area contributed by atoms with Crippen LogP contribution in [-0.4, -0.2) is 117 Å². The van der Waals surface area contributed by atoms with Crippen molar-refractivity contribution in [1.29, 1.82) is 0 Å². The number of hydrogen-bond donors (Lipinski definition) is 5. The van der Waals surface area contributed by atoms with Gasteiger partial charge in [-0.25, -0.2) is 19.6 Å². The molecule has 7 rings (SSSR count). The molecule has 0 aliphatic carbocycles. The second-order valence-electron chi connectivity index (χ2n) is 18.6. The molecule has 2 aromatic heterocycles. The Labute approximate surface area is 394 Å². The number of methoxy groups -OCH3 is 1. The number of imide groups is 1. The highest BCUT2D eigenvalue weighted by molar-refractivity contribution is 7.14. The van der Waals surface area contributed by atoms with E-state index in [0.717, 1.165) is 29.3 Å². The maximum atomic E-state index is 15.0. The van der Waals surface area contributed by atoms with Gasteiger partial charge in [-0.05, 0) is 75.6 Å². The zero-order chi connectivity index (χ0) is 48.0. The molecule has 1 saturated heterocycles. The van der Waals surface area contributed by atoms with Crippen LogP contribution in [0.2, 0.25) is 0 Å². The van der Waals surface area contributed by atoms with E-state index in [1.807, 2.05) is 58.2 Å². The largest absolute Gasteiger partial charge is 0.497 e. The van der Waals surface area contributed by atoms with E-state index in [4.69, 9.17) is 19.4 Å². The molecule has 5 atom stereocenters. The van der Waals surface area contributed by atoms with Crippen molar-refractivity contribution in [1.82, 2.24) is 35.7 Å². The Kier molecular flexibility index (Phi) is 15.1. The van der Waals surface area contributed by atoms with Gasteiger partial charge in [0.15, 0.2) is 5.13 Å². The first-order chi connectivity index (χ1) is 32.0. The maximum absolute atomic E-state index is 15.0. The molecule has 4 aromatic rings. The zero-order valence-electron chi connectivity index (χ0n) is 38.8. The van der Waals surface area contributed by atoms with Crippen molar-refractivity contribution < 1.29 is 43.3 Å². The van der Waals surface area contributed by atoms with Crippen LogP contribution in [0.25, 0.3) is 22.3 Å². The number of allylic oxidation sites excluding steroid dienone is 2. The number of aromatic nitrogens is 2. The van der Waals surface area contributed by atoms with E-state index in [0.29, 0.717) is 57.8 Å². The summed E-state index contributed by atoms with van der Waals surface area (Å²) in [6.45, 7) is 9.51. The van der Waals surface area contributed by atoms with Crippen LogP contribution in [0.5, 0.6) is 11.5 Å². The van der Waals surface area contributed by atoms with Crippen LogP contribution < -0.4 is 30.7 Å². The lowest BCUT2D eigenvalue weighted by Gasteiger charge is -2.35. The van der Waals surface area contributed by atoms with Gasteiger partial charge in [0.2, 0.25) is 11.8 Å². The van der Waals surface area contributed by atoms with E-state index in [-0.39, 0.29) is 38.4 Å². The topological polar surface area (TPSA) is 221 Å². The van der Waals surface area contributed by atoms with E-state index in [1.54, 1.807) is 49.6 Å². The highest BCUT2D eigenvalue weighted by Gasteiger charge is 2.45. The van der Waals surface area contributed by atoms with Crippen LogP contribution in [0.15, 0.2) is 66.1 Å². The lowest BCUT2D eigenvalue weighted by atomic mass is 9.86. The van der Waals surface area contributed by atoms with Crippen molar-refractivity contribution in [3.63, 3.8) is 0 Å². The summed E-state index contributed by atoms with van der Waals surface area (Å²) in [5.74, 6) is -2.28. The Morgan fingerprint density at radius 3 is 2.36 bits per heavy atom. The highest BCUT2D eigenvalue weighted by atomic mass is 32.1. The Morgan fingerprint density at radius 1 is 0.940 bits per heavy atom. The Balaban J connectivity index is 1.18. The molecule has 3 aliphatic rings. The first-order valence-electron chi connectivity index (χ1n) is 22.9. The Morgan fingerprint density at radius 2 is 1.67 bits per heavy atom. The van der Waals surface area contributed by atoms with Crippen molar-refractivity contribution in [3.8, 4) is 22.9 Å². The maximum Gasteiger partial charge on any atom is 0.326 e. The molecule has 356 valence electrons. The number of rotatable bonds is 11. The number of ether oxygens (including phenoxy) is 2. The number of carbonyl (C=O) groups excluding carboxylic acids is 5. The van der Waals surface area contributed by atoms with Gasteiger partial charge >= 0.3 is 12.0 Å². The van der Waals surface area contributed by atoms with Gasteiger partial charge in [-0.2, -0.15) is 0 Å². The summed E-state index contributed by atoms with van der Waals surface area (Å²) in [6, 6.07) is 9.04. The number of aliphatic carboxylic acids is 1. The summed E-state index contributed by atoms with van der Waals surface area (Å²) in [5.41, 5.74) is 1.67. The molecule has 5 N–H and O–H groups in total. The third-order valence-corrected chi connectivity index (χ3v) is 13.0. The fraction of sp³-hybridized carbons (Fsp3) is 0.469. The van der Waals surface area contributed by atoms with E-state index >= 15 is 0 Å². The predicted octanol–water partition coefficient (Wildman–Crippen LogP) is 6.78. The van der Waals surface area contributed by atoms with E-state index in [1.165, 1.54) is 16.2 Å². The molecule has 0 bridgehead atoms. The normalized spacial score (nSPS) is 21.2. The molecule has 1 fully saturated rings. The summed E-state index contributed by atoms with van der Waals surface area (Å²) in [7, 11) is 1.56. The molecule has 0 saturated carbocycles. The number of nitrogens with one attached hydrogen (secondary N) is 4. The van der Waals surface area contributed by atoms with Crippen LogP contribution in [0.3, 0.4) is 0 Å². The summed E-state index contributed by atoms with van der Waals surface area (Å²) in [6.07, 6.45) is 6.88. The average Bonchev–Trinajstić information content (AvgIpc) is 3.99. The summed E-state index contributed by atoms with van der Waals surface area (Å²) < 4.78 is 12.3. The van der Waals surface area contributed by atoms with Gasteiger partial charge in [0.1, 0.15) is 41.4 Å². The number of benzene rings is 2. The number of carbonyl (C=O) groups is 6. The summed E-state index contributed by atoms with van der Waals surface area (Å²) >= 11 is 1.44. The van der Waals surface area contributed by atoms with Gasteiger partial charge in [-0.3, -0.25) is 24.1 Å². The van der Waals surface area contributed by atoms with Gasteiger partial charge in [-0.1, -0.05) is 57.9 Å². The molecule has 67 heavy (non-hydrogen) atoms. The standard InChI is InChI=1S/C49H60N8O9S/c1-28(2)50-48-54-38(27-67-48)37-24-40(33-21-20-29(65-6)22-36(33)51-37)66-30-23-39-42(58)52-35(46(62)63)19-13-11-9-7-8-10-12-18-34(45(61)56(39)25-30)53-47(64)55-41(49(3,4)5)26-57-43(59)31-16-14-15-17-32(31)44(57)60/h9,11,14-17,20-22,24,27-28,30,34-35,39,41H,7-8,10,12-13,18-19,23,25-26H2,1-6H3,(H,50,54)(H,52,58)(H,62,63)(H2,53,55,64)/t30-,34+,35+,39+,41-/m1/s1. The molecule has 6 amide bonds. The number of nitrogens with zero attached hydrogens (tertiary/aromatic N) is 4. The van der Waals surface area contributed by atoms with Crippen LogP contribution in [0, 0.1) is 5.41 Å². The molecule has 0 unspecified atom stereocenters. The van der Waals surface area contributed by atoms with E-state index in [9.17, 15) is 33.9 Å². The third kappa shape index (κ3) is 11.5. The number of hydrogen-bond acceptors (Lipinski definition) is 12. The molecule has 2 aromatic carbocycles. The summed E-state index contributed by atoms with van der Waals surface area (Å²) in [4.78, 5) is 94.7. The van der Waals surface area contributed by atoms with Crippen molar-refractivity contribution >= 4 is 63.0 Å². The number of fused-ring (bicyclic) bond motifs is 3. The van der Waals surface area contributed by atoms with Gasteiger partial charge in [-0.15, -0.1) is 11.3 Å². The predicted molar refractivity (Wildman–Crippen MR) is 254 cm³/mol. The number of urea groups is 1. The number of carboxylic acid groups (broad SMARTS) is 1. The number of anilines is 1. The molecule has 3 aliphatic heterocycles. The second-order valence-corrected chi connectivity index (χ2v) is 19.5.